The van der Waals surface area contributed by atoms with Gasteiger partial charge in [0.15, 0.2) is 0 Å². The summed E-state index contributed by atoms with van der Waals surface area (Å²) in [7, 11) is -5.67. The molecule has 0 aliphatic heterocycles. The zero-order valence-corrected chi connectivity index (χ0v) is 18.4. The van der Waals surface area contributed by atoms with E-state index in [1.807, 2.05) is 0 Å². The second-order valence-corrected chi connectivity index (χ2v) is 1.00. The van der Waals surface area contributed by atoms with E-state index < -0.39 is 37.2 Å². The Kier molecular flexibility index (Phi) is 1130. The maximum atomic E-state index is 8.40. The van der Waals surface area contributed by atoms with E-state index in [1.165, 1.54) is 0 Å². The van der Waals surface area contributed by atoms with Crippen molar-refractivity contribution in [3.8, 4) is 0 Å². The van der Waals surface area contributed by atoms with Crippen molar-refractivity contribution in [1.82, 2.24) is 0 Å². The van der Waals surface area contributed by atoms with Crippen LogP contribution in [-0.2, 0) is 45.2 Å². The van der Waals surface area contributed by atoms with Gasteiger partial charge in [-0.2, -0.15) is 0 Å². The minimum absolute atomic E-state index is 0. The molecule has 0 fully saturated rings. The Balaban J connectivity index is -0.00000000828. The van der Waals surface area contributed by atoms with Gasteiger partial charge in [0.2, 0.25) is 0 Å². The van der Waals surface area contributed by atoms with Gasteiger partial charge in [-0.05, 0) is 0 Å². The van der Waals surface area contributed by atoms with Gasteiger partial charge in [0.1, 0.15) is 0 Å². The Morgan fingerprint density at radius 2 is 0.333 bits per heavy atom. The first-order chi connectivity index (χ1) is 8.66. The zero-order valence-electron chi connectivity index (χ0n) is 10.1. The van der Waals surface area contributed by atoms with Gasteiger partial charge < -0.3 is 16.4 Å². The fourth-order valence-corrected chi connectivity index (χ4v) is 0. The predicted octanol–water partition coefficient (Wildman–Crippen LogP) is -6.45. The Labute approximate surface area is 162 Å². The van der Waals surface area contributed by atoms with Crippen molar-refractivity contribution in [2.75, 3.05) is 0 Å². The van der Waals surface area contributed by atoms with E-state index in [-0.39, 0.29) is 16.4 Å². The second kappa shape index (κ2) is 350. The molecule has 0 rings (SSSR count). The number of hydrogen-bond acceptors (Lipinski definition) is 11. The van der Waals surface area contributed by atoms with Crippen molar-refractivity contribution in [2.24, 2.45) is 0 Å². The van der Waals surface area contributed by atoms with E-state index >= 15 is 0 Å². The molecule has 0 bridgehead atoms. The Hall–Kier alpha value is 0.846. The van der Waals surface area contributed by atoms with Gasteiger partial charge in [-0.3, -0.25) is 35.7 Å². The Bertz CT molecular complexity index is 190. The molecule has 0 atom stereocenters. The number of hydrogen-bond donors (Lipinski definition) is 0. The van der Waals surface area contributed by atoms with Crippen LogP contribution < -0.4 is 0 Å². The molecule has 0 heterocycles. The molecule has 0 radical (unpaired) electrons. The molecule has 0 saturated carbocycles. The second-order valence-electron chi connectivity index (χ2n) is 0.333. The molecular formula is H6Mg3O14Si4. The molecule has 0 aromatic carbocycles. The third-order valence-corrected chi connectivity index (χ3v) is 0. The van der Waals surface area contributed by atoms with Crippen LogP contribution in [0.2, 0.25) is 0 Å². The van der Waals surface area contributed by atoms with Crippen LogP contribution in [0.25, 0.3) is 0 Å². The van der Waals surface area contributed by atoms with Crippen LogP contribution in [0.1, 0.15) is 0 Å². The summed E-state index contributed by atoms with van der Waals surface area (Å²) in [5.74, 6) is 0. The third-order valence-electron chi connectivity index (χ3n) is 0. The predicted molar refractivity (Wildman–Crippen MR) is 58.7 cm³/mol. The summed E-state index contributed by atoms with van der Waals surface area (Å²) >= 11 is 1.83. The van der Waals surface area contributed by atoms with E-state index in [2.05, 4.69) is 0 Å². The maximum absolute atomic E-state index is 8.40. The summed E-state index contributed by atoms with van der Waals surface area (Å²) in [5.41, 5.74) is 0. The van der Waals surface area contributed by atoms with Crippen LogP contribution >= 0.6 is 0 Å². The van der Waals surface area contributed by atoms with E-state index in [0.717, 1.165) is 0 Å². The van der Waals surface area contributed by atoms with Crippen molar-refractivity contribution in [1.29, 1.82) is 0 Å². The van der Waals surface area contributed by atoms with Crippen LogP contribution in [0, 0.1) is 0 Å². The van der Waals surface area contributed by atoms with Gasteiger partial charge in [-0.15, -0.1) is 0 Å². The summed E-state index contributed by atoms with van der Waals surface area (Å²) in [4.78, 5) is 0. The van der Waals surface area contributed by atoms with Crippen molar-refractivity contribution < 1.29 is 61.6 Å². The fraction of sp³-hybridized carbons (Fsp3) is 0. The van der Waals surface area contributed by atoms with Gasteiger partial charge in [0.25, 0.3) is 0 Å². The molecular weight excluding hydrogens is 409 g/mol. The van der Waals surface area contributed by atoms with Gasteiger partial charge in [-0.1, -0.05) is 0 Å². The van der Waals surface area contributed by atoms with Gasteiger partial charge >= 0.3 is 112 Å². The SMILES string of the molecule is O.O.O.O=[Si]=O.O=[Si]=O.O=[Si]=O.O=[Si]=O.[O]=[Mg].[O]=[Mg].[O]=[Mg]. The van der Waals surface area contributed by atoms with Crippen LogP contribution in [-0.4, -0.2) is 119 Å². The van der Waals surface area contributed by atoms with Crippen molar-refractivity contribution in [2.45, 2.75) is 0 Å². The van der Waals surface area contributed by atoms with Crippen LogP contribution in [0.15, 0.2) is 0 Å². The van der Waals surface area contributed by atoms with Gasteiger partial charge in [-0.25, -0.2) is 0 Å². The zero-order chi connectivity index (χ0) is 16.8. The van der Waals surface area contributed by atoms with Gasteiger partial charge in [0.05, 0.1) is 0 Å². The van der Waals surface area contributed by atoms with Crippen LogP contribution in [0.5, 0.6) is 0 Å². The Morgan fingerprint density at radius 3 is 0.333 bits per heavy atom. The molecule has 0 saturated heterocycles. The monoisotopic (exact) mass is 414 g/mol. The molecule has 14 nitrogen and oxygen atoms in total. The first kappa shape index (κ1) is 67.7. The van der Waals surface area contributed by atoms with E-state index in [1.54, 1.807) is 0 Å². The average molecular weight is 415 g/mol. The quantitative estimate of drug-likeness (QED) is 0.335. The molecule has 0 aliphatic rings. The standard InChI is InChI=1S/3Mg.4O2Si.3H2O.3O/c;;;4*1-3-2;;;;;;/h;;;;;;;3*1H2;;;. The van der Waals surface area contributed by atoms with E-state index in [4.69, 9.17) is 45.2 Å². The summed E-state index contributed by atoms with van der Waals surface area (Å²) < 4.78 is 92.1. The summed E-state index contributed by atoms with van der Waals surface area (Å²) in [6.07, 6.45) is 0. The molecule has 112 valence electrons. The first-order valence-corrected chi connectivity index (χ1v) is 7.50. The first-order valence-electron chi connectivity index (χ1n) is 2.50. The van der Waals surface area contributed by atoms with E-state index in [9.17, 15) is 0 Å². The summed E-state index contributed by atoms with van der Waals surface area (Å²) in [6.45, 7) is 0. The van der Waals surface area contributed by atoms with Crippen molar-refractivity contribution in [3.05, 3.63) is 0 Å². The van der Waals surface area contributed by atoms with Crippen LogP contribution in [0.4, 0.5) is 0 Å². The third kappa shape index (κ3) is 10300. The topological polar surface area (TPSA) is 282 Å². The Morgan fingerprint density at radius 1 is 0.333 bits per heavy atom. The average Bonchev–Trinajstić information content (AvgIpc) is 2.40. The molecule has 0 unspecified atom stereocenters. The normalized spacial score (nSPS) is 2.38. The molecule has 0 aliphatic carbocycles. The minimum atomic E-state index is -1.42. The number of rotatable bonds is 0. The molecule has 0 amide bonds. The molecule has 0 spiro atoms. The molecule has 0 aromatic heterocycles. The van der Waals surface area contributed by atoms with E-state index in [0.29, 0.717) is 65.1 Å². The summed E-state index contributed by atoms with van der Waals surface area (Å²) in [5, 5.41) is 0. The van der Waals surface area contributed by atoms with Gasteiger partial charge in [0, 0.05) is 0 Å². The van der Waals surface area contributed by atoms with Crippen molar-refractivity contribution in [3.63, 3.8) is 0 Å². The fourth-order valence-electron chi connectivity index (χ4n) is 0. The van der Waals surface area contributed by atoms with Crippen LogP contribution in [0.3, 0.4) is 0 Å². The molecule has 21 heavy (non-hydrogen) atoms. The summed E-state index contributed by atoms with van der Waals surface area (Å²) in [6, 6.07) is 0. The van der Waals surface area contributed by atoms with Crippen molar-refractivity contribution >= 4 is 102 Å². The molecule has 0 aromatic rings. The molecule has 21 heteroatoms. The molecule has 6 N–H and O–H groups in total.